The fourth-order valence-electron chi connectivity index (χ4n) is 6.32. The number of fused-ring (bicyclic) bond motifs is 5. The van der Waals surface area contributed by atoms with Gasteiger partial charge in [-0.25, -0.2) is 0 Å². The smallest absolute Gasteiger partial charge is 0.0886 e. The lowest BCUT2D eigenvalue weighted by Gasteiger charge is -2.61. The molecule has 0 bridgehead atoms. The van der Waals surface area contributed by atoms with E-state index in [-0.39, 0.29) is 23.0 Å². The quantitative estimate of drug-likeness (QED) is 0.602. The minimum atomic E-state index is -0.313. The molecule has 2 saturated carbocycles. The predicted octanol–water partition coefficient (Wildman–Crippen LogP) is 3.16. The summed E-state index contributed by atoms with van der Waals surface area (Å²) in [5.74, 6) is 2.47. The maximum Gasteiger partial charge on any atom is 0.0886 e. The molecular weight excluding hydrogens is 274 g/mol. The number of nitrogens with two attached hydrogens (primary N) is 1. The van der Waals surface area contributed by atoms with Gasteiger partial charge in [-0.15, -0.1) is 0 Å². The highest BCUT2D eigenvalue weighted by Gasteiger charge is 2.60. The second kappa shape index (κ2) is 4.61. The summed E-state index contributed by atoms with van der Waals surface area (Å²) >= 11 is 0. The van der Waals surface area contributed by atoms with Gasteiger partial charge in [0.2, 0.25) is 0 Å². The van der Waals surface area contributed by atoms with Crippen LogP contribution in [0, 0.1) is 34.5 Å². The van der Waals surface area contributed by atoms with Gasteiger partial charge in [0.1, 0.15) is 0 Å². The van der Waals surface area contributed by atoms with Crippen LogP contribution in [-0.4, -0.2) is 22.4 Å². The second-order valence-corrected chi connectivity index (χ2v) is 8.75. The number of allylic oxidation sites excluding steroid dienone is 3. The first-order valence-corrected chi connectivity index (χ1v) is 8.88. The Hall–Kier alpha value is -0.800. The van der Waals surface area contributed by atoms with E-state index in [4.69, 9.17) is 5.73 Å². The van der Waals surface area contributed by atoms with Crippen molar-refractivity contribution in [2.75, 3.05) is 0 Å². The molecule has 22 heavy (non-hydrogen) atoms. The van der Waals surface area contributed by atoms with Gasteiger partial charge >= 0.3 is 0 Å². The van der Waals surface area contributed by atoms with E-state index < -0.39 is 0 Å². The third kappa shape index (κ3) is 1.75. The molecule has 3 unspecified atom stereocenters. The molecule has 4 rings (SSSR count). The highest BCUT2D eigenvalue weighted by Crippen LogP contribution is 2.64. The van der Waals surface area contributed by atoms with E-state index in [0.717, 1.165) is 32.1 Å². The Morgan fingerprint density at radius 1 is 1.18 bits per heavy atom. The lowest BCUT2D eigenvalue weighted by atomic mass is 9.45. The predicted molar refractivity (Wildman–Crippen MR) is 87.1 cm³/mol. The van der Waals surface area contributed by atoms with Crippen molar-refractivity contribution in [1.82, 2.24) is 0 Å². The fraction of sp³-hybridized carbons (Fsp3) is 0.789. The molecule has 0 aromatic rings. The minimum absolute atomic E-state index is 0.0192. The first-order valence-electron chi connectivity index (χ1n) is 8.88. The van der Waals surface area contributed by atoms with Crippen LogP contribution >= 0.6 is 0 Å². The molecule has 3 heteroatoms. The SMILES string of the molecule is C[C@]12CCC(O)=CC1CC(N)[C@@H]1[C@H]2CC[C@]2(C)C(O)C=C[C@@H]12. The molecule has 0 spiro atoms. The van der Waals surface area contributed by atoms with Gasteiger partial charge in [-0.3, -0.25) is 0 Å². The Morgan fingerprint density at radius 2 is 1.95 bits per heavy atom. The lowest BCUT2D eigenvalue weighted by molar-refractivity contribution is -0.107. The highest BCUT2D eigenvalue weighted by molar-refractivity contribution is 5.23. The van der Waals surface area contributed by atoms with Crippen molar-refractivity contribution in [2.24, 2.45) is 40.2 Å². The van der Waals surface area contributed by atoms with E-state index in [1.807, 2.05) is 6.08 Å². The summed E-state index contributed by atoms with van der Waals surface area (Å²) < 4.78 is 0. The topological polar surface area (TPSA) is 66.5 Å². The first kappa shape index (κ1) is 14.8. The van der Waals surface area contributed by atoms with E-state index in [2.05, 4.69) is 26.0 Å². The second-order valence-electron chi connectivity index (χ2n) is 8.75. The molecule has 122 valence electrons. The largest absolute Gasteiger partial charge is 0.513 e. The number of aliphatic hydroxyl groups excluding tert-OH is 2. The van der Waals surface area contributed by atoms with Crippen molar-refractivity contribution in [1.29, 1.82) is 0 Å². The molecule has 4 aliphatic carbocycles. The number of rotatable bonds is 0. The Morgan fingerprint density at radius 3 is 2.73 bits per heavy atom. The van der Waals surface area contributed by atoms with E-state index >= 15 is 0 Å². The summed E-state index contributed by atoms with van der Waals surface area (Å²) in [6.07, 6.45) is 11.1. The van der Waals surface area contributed by atoms with Crippen LogP contribution in [0.3, 0.4) is 0 Å². The van der Waals surface area contributed by atoms with Crippen LogP contribution in [0.4, 0.5) is 0 Å². The van der Waals surface area contributed by atoms with Gasteiger partial charge in [-0.1, -0.05) is 26.0 Å². The molecule has 0 aromatic heterocycles. The molecule has 4 aliphatic rings. The number of hydrogen-bond acceptors (Lipinski definition) is 3. The zero-order valence-electron chi connectivity index (χ0n) is 13.7. The average Bonchev–Trinajstić information content (AvgIpc) is 2.77. The van der Waals surface area contributed by atoms with Gasteiger partial charge in [0.05, 0.1) is 11.9 Å². The van der Waals surface area contributed by atoms with E-state index in [1.54, 1.807) is 0 Å². The molecule has 4 N–H and O–H groups in total. The first-order chi connectivity index (χ1) is 10.4. The molecule has 0 amide bonds. The molecule has 0 heterocycles. The third-order valence-electron chi connectivity index (χ3n) is 7.84. The summed E-state index contributed by atoms with van der Waals surface area (Å²) in [5, 5.41) is 20.4. The molecule has 0 saturated heterocycles. The fourth-order valence-corrected chi connectivity index (χ4v) is 6.32. The Balaban J connectivity index is 1.72. The summed E-state index contributed by atoms with van der Waals surface area (Å²) in [7, 11) is 0. The van der Waals surface area contributed by atoms with Gasteiger partial charge in [0.25, 0.3) is 0 Å². The van der Waals surface area contributed by atoms with Gasteiger partial charge in [-0.2, -0.15) is 0 Å². The summed E-state index contributed by atoms with van der Waals surface area (Å²) in [5.41, 5.74) is 6.87. The van der Waals surface area contributed by atoms with Crippen LogP contribution in [0.5, 0.6) is 0 Å². The van der Waals surface area contributed by atoms with Crippen molar-refractivity contribution >= 4 is 0 Å². The van der Waals surface area contributed by atoms with E-state index in [1.165, 1.54) is 0 Å². The van der Waals surface area contributed by atoms with Gasteiger partial charge < -0.3 is 15.9 Å². The van der Waals surface area contributed by atoms with Crippen LogP contribution in [0.15, 0.2) is 24.0 Å². The molecule has 8 atom stereocenters. The Kier molecular flexibility index (Phi) is 3.09. The highest BCUT2D eigenvalue weighted by atomic mass is 16.3. The average molecular weight is 303 g/mol. The van der Waals surface area contributed by atoms with Gasteiger partial charge in [0.15, 0.2) is 0 Å². The Labute approximate surface area is 133 Å². The van der Waals surface area contributed by atoms with Crippen molar-refractivity contribution in [3.05, 3.63) is 24.0 Å². The zero-order chi connectivity index (χ0) is 15.7. The molecule has 0 aliphatic heterocycles. The standard InChI is InChI=1S/C19H29NO2/c1-18-7-5-12(21)9-11(18)10-15(20)17-13-3-4-16(22)19(13,2)8-6-14(17)18/h3-4,9,11,13-17,21-22H,5-8,10,20H2,1-2H3/t11?,13-,14+,15?,16?,17-,18-,19-/m0/s1. The molecule has 2 fully saturated rings. The van der Waals surface area contributed by atoms with Gasteiger partial charge in [-0.05, 0) is 60.8 Å². The van der Waals surface area contributed by atoms with Crippen LogP contribution in [0.25, 0.3) is 0 Å². The Bertz CT molecular complexity index is 542. The van der Waals surface area contributed by atoms with Crippen LogP contribution in [0.2, 0.25) is 0 Å². The summed E-state index contributed by atoms with van der Waals surface area (Å²) in [6.45, 7) is 4.66. The van der Waals surface area contributed by atoms with Crippen molar-refractivity contribution in [3.8, 4) is 0 Å². The summed E-state index contributed by atoms with van der Waals surface area (Å²) in [4.78, 5) is 0. The molecular formula is C19H29NO2. The maximum atomic E-state index is 10.4. The summed E-state index contributed by atoms with van der Waals surface area (Å²) in [6, 6.07) is 0.171. The van der Waals surface area contributed by atoms with Crippen molar-refractivity contribution in [3.63, 3.8) is 0 Å². The third-order valence-corrected chi connectivity index (χ3v) is 7.84. The normalized spacial score (nSPS) is 56.8. The van der Waals surface area contributed by atoms with Crippen LogP contribution in [-0.2, 0) is 0 Å². The molecule has 3 nitrogen and oxygen atoms in total. The monoisotopic (exact) mass is 303 g/mol. The van der Waals surface area contributed by atoms with E-state index in [9.17, 15) is 10.2 Å². The number of hydrogen-bond donors (Lipinski definition) is 3. The molecule has 0 radical (unpaired) electrons. The van der Waals surface area contributed by atoms with Crippen molar-refractivity contribution in [2.45, 2.75) is 58.1 Å². The maximum absolute atomic E-state index is 10.4. The van der Waals surface area contributed by atoms with Crippen molar-refractivity contribution < 1.29 is 10.2 Å². The minimum Gasteiger partial charge on any atom is -0.513 e. The van der Waals surface area contributed by atoms with Gasteiger partial charge in [0, 0.05) is 17.9 Å². The van der Waals surface area contributed by atoms with E-state index in [0.29, 0.717) is 29.4 Å². The van der Waals surface area contributed by atoms with Crippen LogP contribution < -0.4 is 5.73 Å². The lowest BCUT2D eigenvalue weighted by Crippen LogP contribution is -2.59. The van der Waals surface area contributed by atoms with Crippen LogP contribution in [0.1, 0.15) is 46.0 Å². The molecule has 0 aromatic carbocycles. The zero-order valence-corrected chi connectivity index (χ0v) is 13.7. The number of aliphatic hydroxyl groups is 2.